The van der Waals surface area contributed by atoms with Gasteiger partial charge in [-0.1, -0.05) is 24.3 Å². The van der Waals surface area contributed by atoms with Crippen LogP contribution in [-0.2, 0) is 16.3 Å². The van der Waals surface area contributed by atoms with Gasteiger partial charge in [-0.15, -0.1) is 10.2 Å². The first-order chi connectivity index (χ1) is 9.90. The molecule has 0 aliphatic carbocycles. The van der Waals surface area contributed by atoms with E-state index in [-0.39, 0.29) is 10.5 Å². The van der Waals surface area contributed by atoms with Crippen molar-refractivity contribution in [1.29, 1.82) is 0 Å². The average Bonchev–Trinajstić information content (AvgIpc) is 2.86. The highest BCUT2D eigenvalue weighted by atomic mass is 32.2. The summed E-state index contributed by atoms with van der Waals surface area (Å²) in [4.78, 5) is 12.2. The van der Waals surface area contributed by atoms with Gasteiger partial charge < -0.3 is 0 Å². The number of rotatable bonds is 5. The van der Waals surface area contributed by atoms with Crippen LogP contribution in [0.2, 0.25) is 0 Å². The van der Waals surface area contributed by atoms with Gasteiger partial charge in [-0.05, 0) is 24.6 Å². The lowest BCUT2D eigenvalue weighted by Crippen LogP contribution is -2.12. The van der Waals surface area contributed by atoms with E-state index in [9.17, 15) is 13.2 Å². The number of hydrogen-bond acceptors (Lipinski definition) is 6. The predicted molar refractivity (Wildman–Crippen MR) is 81.4 cm³/mol. The van der Waals surface area contributed by atoms with Crippen LogP contribution in [-0.4, -0.2) is 30.8 Å². The molecular formula is C13H15N3O3S2. The van der Waals surface area contributed by atoms with E-state index in [2.05, 4.69) is 15.5 Å². The summed E-state index contributed by atoms with van der Waals surface area (Å²) in [7, 11) is -3.34. The van der Waals surface area contributed by atoms with Crippen molar-refractivity contribution in [1.82, 2.24) is 10.2 Å². The Balaban J connectivity index is 2.16. The average molecular weight is 325 g/mol. The van der Waals surface area contributed by atoms with E-state index in [4.69, 9.17) is 0 Å². The number of hydrogen-bond donors (Lipinski definition) is 1. The molecule has 0 saturated carbocycles. The Bertz CT molecular complexity index is 754. The second-order valence-corrected chi connectivity index (χ2v) is 7.58. The number of nitrogens with zero attached hydrogens (tertiary/aromatic N) is 2. The number of amides is 1. The molecule has 0 fully saturated rings. The second-order valence-electron chi connectivity index (χ2n) is 4.51. The molecule has 1 N–H and O–H groups in total. The largest absolute Gasteiger partial charge is 0.296 e. The van der Waals surface area contributed by atoms with Gasteiger partial charge in [0.1, 0.15) is 5.01 Å². The lowest BCUT2D eigenvalue weighted by Gasteiger charge is -2.03. The number of aromatic nitrogens is 2. The molecule has 8 heteroatoms. The van der Waals surface area contributed by atoms with Crippen LogP contribution in [0, 0.1) is 0 Å². The van der Waals surface area contributed by atoms with E-state index >= 15 is 0 Å². The minimum absolute atomic E-state index is 0.110. The molecule has 2 rings (SSSR count). The van der Waals surface area contributed by atoms with Crippen molar-refractivity contribution in [3.8, 4) is 0 Å². The van der Waals surface area contributed by atoms with Crippen LogP contribution < -0.4 is 5.32 Å². The molecule has 1 aromatic carbocycles. The van der Waals surface area contributed by atoms with Crippen molar-refractivity contribution < 1.29 is 13.2 Å². The molecular weight excluding hydrogens is 310 g/mol. The highest BCUT2D eigenvalue weighted by Gasteiger charge is 2.13. The van der Waals surface area contributed by atoms with Crippen LogP contribution in [0.3, 0.4) is 0 Å². The summed E-state index contributed by atoms with van der Waals surface area (Å²) in [6, 6.07) is 5.89. The van der Waals surface area contributed by atoms with Gasteiger partial charge in [0.25, 0.3) is 5.91 Å². The van der Waals surface area contributed by atoms with Crippen molar-refractivity contribution in [2.24, 2.45) is 0 Å². The summed E-state index contributed by atoms with van der Waals surface area (Å²) in [6.45, 7) is 2.04. The first-order valence-electron chi connectivity index (χ1n) is 6.34. The lowest BCUT2D eigenvalue weighted by atomic mass is 10.2. The maximum absolute atomic E-state index is 12.1. The Morgan fingerprint density at radius 1 is 1.33 bits per heavy atom. The maximum Gasteiger partial charge on any atom is 0.257 e. The molecule has 0 bridgehead atoms. The normalized spacial score (nSPS) is 11.3. The molecule has 0 spiro atoms. The zero-order valence-corrected chi connectivity index (χ0v) is 13.3. The zero-order chi connectivity index (χ0) is 15.5. The fraction of sp³-hybridized carbons (Fsp3) is 0.308. The SMILES string of the molecule is CCCc1nnc(NC(=O)c2cccc(S(C)(=O)=O)c2)s1. The molecule has 0 radical (unpaired) electrons. The van der Waals surface area contributed by atoms with Gasteiger partial charge in [0.15, 0.2) is 9.84 Å². The second kappa shape index (κ2) is 6.31. The Morgan fingerprint density at radius 3 is 2.76 bits per heavy atom. The van der Waals surface area contributed by atoms with Gasteiger partial charge in [-0.2, -0.15) is 0 Å². The number of sulfone groups is 1. The highest BCUT2D eigenvalue weighted by molar-refractivity contribution is 7.90. The number of carbonyl (C=O) groups is 1. The Kier molecular flexibility index (Phi) is 4.69. The van der Waals surface area contributed by atoms with Crippen LogP contribution >= 0.6 is 11.3 Å². The number of carbonyl (C=O) groups excluding carboxylic acids is 1. The van der Waals surface area contributed by atoms with E-state index in [0.29, 0.717) is 5.13 Å². The van der Waals surface area contributed by atoms with Gasteiger partial charge in [0.05, 0.1) is 4.90 Å². The molecule has 112 valence electrons. The van der Waals surface area contributed by atoms with E-state index in [0.717, 1.165) is 24.1 Å². The van der Waals surface area contributed by atoms with Crippen molar-refractivity contribution in [3.05, 3.63) is 34.8 Å². The summed E-state index contributed by atoms with van der Waals surface area (Å²) in [5.74, 6) is -0.403. The van der Waals surface area contributed by atoms with E-state index in [1.54, 1.807) is 6.07 Å². The quantitative estimate of drug-likeness (QED) is 0.910. The van der Waals surface area contributed by atoms with Crippen molar-refractivity contribution in [2.75, 3.05) is 11.6 Å². The topological polar surface area (TPSA) is 89.0 Å². The molecule has 2 aromatic rings. The summed E-state index contributed by atoms with van der Waals surface area (Å²) in [6.07, 6.45) is 2.88. The van der Waals surface area contributed by atoms with Crippen LogP contribution in [0.1, 0.15) is 28.7 Å². The summed E-state index contributed by atoms with van der Waals surface area (Å²) >= 11 is 1.32. The van der Waals surface area contributed by atoms with E-state index in [1.165, 1.54) is 29.5 Å². The highest BCUT2D eigenvalue weighted by Crippen LogP contribution is 2.18. The molecule has 0 aliphatic rings. The Morgan fingerprint density at radius 2 is 2.10 bits per heavy atom. The number of benzene rings is 1. The van der Waals surface area contributed by atoms with E-state index < -0.39 is 15.7 Å². The number of anilines is 1. The van der Waals surface area contributed by atoms with Gasteiger partial charge in [0.2, 0.25) is 5.13 Å². The monoisotopic (exact) mass is 325 g/mol. The van der Waals surface area contributed by atoms with Crippen molar-refractivity contribution >= 4 is 32.2 Å². The molecule has 0 saturated heterocycles. The molecule has 0 unspecified atom stereocenters. The van der Waals surface area contributed by atoms with Crippen molar-refractivity contribution in [2.45, 2.75) is 24.7 Å². The van der Waals surface area contributed by atoms with E-state index in [1.807, 2.05) is 6.92 Å². The fourth-order valence-corrected chi connectivity index (χ4v) is 3.16. The van der Waals surface area contributed by atoms with Crippen LogP contribution in [0.5, 0.6) is 0 Å². The van der Waals surface area contributed by atoms with Crippen LogP contribution in [0.25, 0.3) is 0 Å². The molecule has 1 heterocycles. The third kappa shape index (κ3) is 4.08. The molecule has 0 aliphatic heterocycles. The minimum atomic E-state index is -3.34. The Labute approximate surface area is 127 Å². The molecule has 1 aromatic heterocycles. The summed E-state index contributed by atoms with van der Waals surface area (Å²) < 4.78 is 23.0. The van der Waals surface area contributed by atoms with Gasteiger partial charge in [-0.3, -0.25) is 10.1 Å². The van der Waals surface area contributed by atoms with Gasteiger partial charge >= 0.3 is 0 Å². The molecule has 21 heavy (non-hydrogen) atoms. The fourth-order valence-electron chi connectivity index (χ4n) is 1.66. The van der Waals surface area contributed by atoms with Crippen LogP contribution in [0.4, 0.5) is 5.13 Å². The lowest BCUT2D eigenvalue weighted by molar-refractivity contribution is 0.102. The number of aryl methyl sites for hydroxylation is 1. The first kappa shape index (κ1) is 15.6. The summed E-state index contributed by atoms with van der Waals surface area (Å²) in [5.41, 5.74) is 0.269. The predicted octanol–water partition coefficient (Wildman–Crippen LogP) is 2.15. The molecule has 0 atom stereocenters. The molecule has 6 nitrogen and oxygen atoms in total. The summed E-state index contributed by atoms with van der Waals surface area (Å²) in [5, 5.41) is 11.8. The third-order valence-corrected chi connectivity index (χ3v) is 4.68. The number of nitrogens with one attached hydrogen (secondary N) is 1. The standard InChI is InChI=1S/C13H15N3O3S2/c1-3-5-11-15-16-13(20-11)14-12(17)9-6-4-7-10(8-9)21(2,18)19/h4,6-8H,3,5H2,1-2H3,(H,14,16,17). The Hall–Kier alpha value is -1.80. The first-order valence-corrected chi connectivity index (χ1v) is 9.05. The zero-order valence-electron chi connectivity index (χ0n) is 11.7. The smallest absolute Gasteiger partial charge is 0.257 e. The maximum atomic E-state index is 12.1. The molecule has 1 amide bonds. The van der Waals surface area contributed by atoms with Crippen LogP contribution in [0.15, 0.2) is 29.2 Å². The minimum Gasteiger partial charge on any atom is -0.296 e. The van der Waals surface area contributed by atoms with Gasteiger partial charge in [0, 0.05) is 18.2 Å². The third-order valence-electron chi connectivity index (χ3n) is 2.68. The van der Waals surface area contributed by atoms with Gasteiger partial charge in [-0.25, -0.2) is 8.42 Å². The van der Waals surface area contributed by atoms with Crippen molar-refractivity contribution in [3.63, 3.8) is 0 Å².